The lowest BCUT2D eigenvalue weighted by Gasteiger charge is -2.41. The van der Waals surface area contributed by atoms with Gasteiger partial charge in [-0.05, 0) is 17.9 Å². The van der Waals surface area contributed by atoms with Crippen LogP contribution in [0.3, 0.4) is 0 Å². The number of nitrogens with zero attached hydrogens (tertiary/aromatic N) is 1. The molecular weight excluding hydrogens is 250 g/mol. The summed E-state index contributed by atoms with van der Waals surface area (Å²) in [5.41, 5.74) is 0. The van der Waals surface area contributed by atoms with Crippen molar-refractivity contribution in [2.45, 2.75) is 19.8 Å². The van der Waals surface area contributed by atoms with Gasteiger partial charge in [-0.1, -0.05) is 13.0 Å². The van der Waals surface area contributed by atoms with Crippen molar-refractivity contribution in [3.05, 3.63) is 22.4 Å². The highest BCUT2D eigenvalue weighted by Crippen LogP contribution is 2.25. The Morgan fingerprint density at radius 3 is 2.83 bits per heavy atom. The number of carbonyl (C=O) groups is 2. The van der Waals surface area contributed by atoms with Crippen LogP contribution in [0.15, 0.2) is 17.5 Å². The maximum absolute atomic E-state index is 11.8. The molecule has 0 bridgehead atoms. The molecule has 1 aliphatic heterocycles. The molecule has 1 aromatic heterocycles. The minimum absolute atomic E-state index is 0.119. The summed E-state index contributed by atoms with van der Waals surface area (Å²) in [5.74, 6) is -0.873. The molecule has 0 saturated carbocycles. The quantitative estimate of drug-likeness (QED) is 0.886. The van der Waals surface area contributed by atoms with E-state index in [1.807, 2.05) is 17.5 Å². The Balaban J connectivity index is 1.71. The van der Waals surface area contributed by atoms with Crippen LogP contribution in [0, 0.1) is 11.8 Å². The number of aryl methyl sites for hydroxylation is 1. The van der Waals surface area contributed by atoms with Crippen molar-refractivity contribution in [3.63, 3.8) is 0 Å². The Morgan fingerprint density at radius 1 is 1.56 bits per heavy atom. The molecule has 1 atom stereocenters. The van der Waals surface area contributed by atoms with Gasteiger partial charge in [-0.2, -0.15) is 0 Å². The standard InChI is InChI=1S/C13H17NO3S/c1-9(13(16)17)10-7-14(8-10)12(15)5-4-11-3-2-6-18-11/h2-3,6,9-10H,4-5,7-8H2,1H3,(H,16,17). The average Bonchev–Trinajstić information content (AvgIpc) is 2.76. The normalized spacial score (nSPS) is 17.3. The van der Waals surface area contributed by atoms with Crippen LogP contribution in [0.4, 0.5) is 0 Å². The van der Waals surface area contributed by atoms with Gasteiger partial charge in [-0.25, -0.2) is 0 Å². The molecule has 1 amide bonds. The van der Waals surface area contributed by atoms with E-state index in [0.717, 1.165) is 6.42 Å². The first-order valence-corrected chi connectivity index (χ1v) is 6.99. The van der Waals surface area contributed by atoms with Gasteiger partial charge in [0.05, 0.1) is 5.92 Å². The summed E-state index contributed by atoms with van der Waals surface area (Å²) in [6.45, 7) is 2.90. The number of amides is 1. The van der Waals surface area contributed by atoms with Gasteiger partial charge in [0.1, 0.15) is 0 Å². The molecule has 0 aliphatic carbocycles. The summed E-state index contributed by atoms with van der Waals surface area (Å²) >= 11 is 1.66. The molecule has 4 nitrogen and oxygen atoms in total. The third-order valence-corrected chi connectivity index (χ3v) is 4.46. The SMILES string of the molecule is CC(C(=O)O)C1CN(C(=O)CCc2cccs2)C1. The fraction of sp³-hybridized carbons (Fsp3) is 0.538. The van der Waals surface area contributed by atoms with Crippen molar-refractivity contribution in [2.75, 3.05) is 13.1 Å². The van der Waals surface area contributed by atoms with Crippen LogP contribution in [0.1, 0.15) is 18.2 Å². The van der Waals surface area contributed by atoms with Gasteiger partial charge in [0.2, 0.25) is 5.91 Å². The number of rotatable bonds is 5. The first-order chi connectivity index (χ1) is 8.58. The van der Waals surface area contributed by atoms with Gasteiger partial charge in [0, 0.05) is 30.3 Å². The molecule has 0 aromatic carbocycles. The number of carboxylic acid groups (broad SMARTS) is 1. The topological polar surface area (TPSA) is 57.6 Å². The Kier molecular flexibility index (Phi) is 4.01. The Morgan fingerprint density at radius 2 is 2.28 bits per heavy atom. The van der Waals surface area contributed by atoms with E-state index in [4.69, 9.17) is 5.11 Å². The van der Waals surface area contributed by atoms with Crippen molar-refractivity contribution in [3.8, 4) is 0 Å². The predicted octanol–water partition coefficient (Wildman–Crippen LogP) is 1.86. The second-order valence-electron chi connectivity index (χ2n) is 4.77. The van der Waals surface area contributed by atoms with Crippen molar-refractivity contribution in [2.24, 2.45) is 11.8 Å². The second-order valence-corrected chi connectivity index (χ2v) is 5.80. The Hall–Kier alpha value is -1.36. The smallest absolute Gasteiger partial charge is 0.306 e. The Labute approximate surface area is 110 Å². The zero-order valence-corrected chi connectivity index (χ0v) is 11.2. The van der Waals surface area contributed by atoms with Gasteiger partial charge in [-0.15, -0.1) is 11.3 Å². The number of aliphatic carboxylic acids is 1. The number of hydrogen-bond acceptors (Lipinski definition) is 3. The van der Waals surface area contributed by atoms with Crippen molar-refractivity contribution >= 4 is 23.2 Å². The molecule has 1 unspecified atom stereocenters. The molecule has 1 saturated heterocycles. The van der Waals surface area contributed by atoms with Crippen LogP contribution in [0.5, 0.6) is 0 Å². The molecule has 1 fully saturated rings. The predicted molar refractivity (Wildman–Crippen MR) is 69.5 cm³/mol. The van der Waals surface area contributed by atoms with E-state index in [-0.39, 0.29) is 17.7 Å². The number of likely N-dealkylation sites (tertiary alicyclic amines) is 1. The van der Waals surface area contributed by atoms with Crippen molar-refractivity contribution in [1.82, 2.24) is 4.90 Å². The van der Waals surface area contributed by atoms with Crippen LogP contribution < -0.4 is 0 Å². The fourth-order valence-electron chi connectivity index (χ4n) is 2.08. The molecule has 2 heterocycles. The highest BCUT2D eigenvalue weighted by atomic mass is 32.1. The lowest BCUT2D eigenvalue weighted by atomic mass is 9.87. The molecule has 0 spiro atoms. The first kappa shape index (κ1) is 13.1. The summed E-state index contributed by atoms with van der Waals surface area (Å²) < 4.78 is 0. The monoisotopic (exact) mass is 267 g/mol. The van der Waals surface area contributed by atoms with Gasteiger partial charge in [-0.3, -0.25) is 9.59 Å². The summed E-state index contributed by atoms with van der Waals surface area (Å²) in [6.07, 6.45) is 1.31. The van der Waals surface area contributed by atoms with Crippen molar-refractivity contribution < 1.29 is 14.7 Å². The van der Waals surface area contributed by atoms with Gasteiger partial charge in [0.15, 0.2) is 0 Å². The zero-order chi connectivity index (χ0) is 13.1. The number of hydrogen-bond donors (Lipinski definition) is 1. The summed E-state index contributed by atoms with van der Waals surface area (Å²) in [6, 6.07) is 4.02. The van der Waals surface area contributed by atoms with Crippen LogP contribution in [0.2, 0.25) is 0 Å². The zero-order valence-electron chi connectivity index (χ0n) is 10.3. The minimum Gasteiger partial charge on any atom is -0.481 e. The molecule has 98 valence electrons. The molecule has 1 aliphatic rings. The highest BCUT2D eigenvalue weighted by Gasteiger charge is 2.36. The molecule has 1 N–H and O–H groups in total. The molecule has 5 heteroatoms. The largest absolute Gasteiger partial charge is 0.481 e. The van der Waals surface area contributed by atoms with Crippen LogP contribution in [0.25, 0.3) is 0 Å². The van der Waals surface area contributed by atoms with Gasteiger partial charge in [0.25, 0.3) is 0 Å². The van der Waals surface area contributed by atoms with Gasteiger partial charge < -0.3 is 10.0 Å². The summed E-state index contributed by atoms with van der Waals surface area (Å²) in [4.78, 5) is 25.6. The number of carboxylic acids is 1. The van der Waals surface area contributed by atoms with E-state index in [9.17, 15) is 9.59 Å². The number of thiophene rings is 1. The van der Waals surface area contributed by atoms with Gasteiger partial charge >= 0.3 is 5.97 Å². The molecule has 18 heavy (non-hydrogen) atoms. The summed E-state index contributed by atoms with van der Waals surface area (Å²) in [7, 11) is 0. The number of carbonyl (C=O) groups excluding carboxylic acids is 1. The lowest BCUT2D eigenvalue weighted by molar-refractivity contribution is -0.150. The maximum atomic E-state index is 11.8. The fourth-order valence-corrected chi connectivity index (χ4v) is 2.79. The third kappa shape index (κ3) is 2.90. The molecule has 2 rings (SSSR count). The molecule has 0 radical (unpaired) electrons. The first-order valence-electron chi connectivity index (χ1n) is 6.11. The van der Waals surface area contributed by atoms with E-state index >= 15 is 0 Å². The Bertz CT molecular complexity index is 423. The minimum atomic E-state index is -0.773. The van der Waals surface area contributed by atoms with Crippen LogP contribution in [-0.4, -0.2) is 35.0 Å². The van der Waals surface area contributed by atoms with E-state index in [2.05, 4.69) is 0 Å². The molecular formula is C13H17NO3S. The lowest BCUT2D eigenvalue weighted by Crippen LogP contribution is -2.53. The van der Waals surface area contributed by atoms with E-state index in [1.165, 1.54) is 4.88 Å². The van der Waals surface area contributed by atoms with E-state index < -0.39 is 5.97 Å². The summed E-state index contributed by atoms with van der Waals surface area (Å²) in [5, 5.41) is 10.9. The second kappa shape index (κ2) is 5.52. The van der Waals surface area contributed by atoms with Crippen molar-refractivity contribution in [1.29, 1.82) is 0 Å². The highest BCUT2D eigenvalue weighted by molar-refractivity contribution is 7.09. The van der Waals surface area contributed by atoms with Crippen LogP contribution in [-0.2, 0) is 16.0 Å². The average molecular weight is 267 g/mol. The van der Waals surface area contributed by atoms with Crippen LogP contribution >= 0.6 is 11.3 Å². The van der Waals surface area contributed by atoms with E-state index in [1.54, 1.807) is 23.2 Å². The third-order valence-electron chi connectivity index (χ3n) is 3.52. The molecule has 1 aromatic rings. The van der Waals surface area contributed by atoms with E-state index in [0.29, 0.717) is 19.5 Å². The maximum Gasteiger partial charge on any atom is 0.306 e.